The van der Waals surface area contributed by atoms with Crippen molar-refractivity contribution in [3.05, 3.63) is 59.7 Å². The van der Waals surface area contributed by atoms with Crippen LogP contribution in [0.1, 0.15) is 15.9 Å². The minimum Gasteiger partial charge on any atom is -0.478 e. The normalized spacial score (nSPS) is 9.85. The van der Waals surface area contributed by atoms with Crippen molar-refractivity contribution in [3.63, 3.8) is 0 Å². The van der Waals surface area contributed by atoms with Crippen LogP contribution in [0.3, 0.4) is 0 Å². The first-order chi connectivity index (χ1) is 9.54. The topological polar surface area (TPSA) is 61.4 Å². The number of benzene rings is 2. The van der Waals surface area contributed by atoms with Crippen LogP contribution in [0.5, 0.6) is 0 Å². The summed E-state index contributed by atoms with van der Waals surface area (Å²) in [7, 11) is 0. The van der Waals surface area contributed by atoms with Gasteiger partial charge >= 0.3 is 5.97 Å². The van der Waals surface area contributed by atoms with E-state index >= 15 is 0 Å². The number of hydrogen-bond donors (Lipinski definition) is 3. The monoisotopic (exact) mass is 286 g/mol. The molecule has 4 nitrogen and oxygen atoms in total. The van der Waals surface area contributed by atoms with E-state index < -0.39 is 5.97 Å². The Hall–Kier alpha value is -2.40. The molecule has 20 heavy (non-hydrogen) atoms. The van der Waals surface area contributed by atoms with E-state index in [0.717, 1.165) is 11.3 Å². The molecule has 0 radical (unpaired) electrons. The highest BCUT2D eigenvalue weighted by Gasteiger charge is 2.04. The molecule has 5 heteroatoms. The smallest absolute Gasteiger partial charge is 0.335 e. The fourth-order valence-corrected chi connectivity index (χ4v) is 1.98. The fraction of sp³-hybridized carbons (Fsp3) is 0.0667. The van der Waals surface area contributed by atoms with Gasteiger partial charge in [0.05, 0.1) is 5.56 Å². The summed E-state index contributed by atoms with van der Waals surface area (Å²) in [6, 6.07) is 14.3. The molecule has 0 aromatic heterocycles. The summed E-state index contributed by atoms with van der Waals surface area (Å²) in [6.07, 6.45) is 0. The largest absolute Gasteiger partial charge is 0.478 e. The van der Waals surface area contributed by atoms with E-state index in [1.807, 2.05) is 31.2 Å². The van der Waals surface area contributed by atoms with Crippen LogP contribution >= 0.6 is 12.2 Å². The van der Waals surface area contributed by atoms with Crippen molar-refractivity contribution in [3.8, 4) is 0 Å². The summed E-state index contributed by atoms with van der Waals surface area (Å²) in [6.45, 7) is 2.00. The quantitative estimate of drug-likeness (QED) is 0.754. The molecule has 0 saturated carbocycles. The molecule has 2 rings (SSSR count). The molecule has 0 bridgehead atoms. The molecule has 3 N–H and O–H groups in total. The number of aromatic carboxylic acids is 1. The predicted molar refractivity (Wildman–Crippen MR) is 84.4 cm³/mol. The van der Waals surface area contributed by atoms with Gasteiger partial charge in [-0.1, -0.05) is 18.2 Å². The first-order valence-electron chi connectivity index (χ1n) is 6.02. The van der Waals surface area contributed by atoms with Crippen molar-refractivity contribution in [2.45, 2.75) is 6.92 Å². The number of nitrogens with one attached hydrogen (secondary N) is 2. The lowest BCUT2D eigenvalue weighted by Gasteiger charge is -2.11. The molecule has 0 aliphatic heterocycles. The lowest BCUT2D eigenvalue weighted by Crippen LogP contribution is -2.19. The average Bonchev–Trinajstić information content (AvgIpc) is 2.38. The first kappa shape index (κ1) is 14.0. The number of thiocarbonyl (C=S) groups is 1. The van der Waals surface area contributed by atoms with Crippen LogP contribution < -0.4 is 10.6 Å². The number of carboxylic acids is 1. The maximum absolute atomic E-state index is 10.9. The third-order valence-corrected chi connectivity index (χ3v) is 2.85. The van der Waals surface area contributed by atoms with Crippen LogP contribution in [-0.2, 0) is 0 Å². The van der Waals surface area contributed by atoms with Gasteiger partial charge in [0.15, 0.2) is 5.11 Å². The van der Waals surface area contributed by atoms with Gasteiger partial charge in [0.1, 0.15) is 0 Å². The zero-order chi connectivity index (χ0) is 14.5. The summed E-state index contributed by atoms with van der Waals surface area (Å²) in [5, 5.41) is 15.4. The molecule has 0 aliphatic carbocycles. The molecule has 0 saturated heterocycles. The maximum Gasteiger partial charge on any atom is 0.335 e. The molecule has 0 aliphatic rings. The van der Waals surface area contributed by atoms with Gasteiger partial charge in [-0.2, -0.15) is 0 Å². The van der Waals surface area contributed by atoms with E-state index in [2.05, 4.69) is 10.6 Å². The number of carbonyl (C=O) groups is 1. The summed E-state index contributed by atoms with van der Waals surface area (Å²) >= 11 is 5.20. The van der Waals surface area contributed by atoms with Gasteiger partial charge < -0.3 is 15.7 Å². The van der Waals surface area contributed by atoms with Gasteiger partial charge in [0.2, 0.25) is 0 Å². The summed E-state index contributed by atoms with van der Waals surface area (Å²) in [5.74, 6) is -0.966. The van der Waals surface area contributed by atoms with E-state index in [-0.39, 0.29) is 5.56 Å². The standard InChI is InChI=1S/C15H14N2O2S/c1-10-4-2-6-12(8-10)16-15(20)17-13-7-3-5-11(9-13)14(18)19/h2-9H,1H3,(H,18,19)(H2,16,17,20). The lowest BCUT2D eigenvalue weighted by molar-refractivity contribution is 0.0697. The number of rotatable bonds is 3. The highest BCUT2D eigenvalue weighted by molar-refractivity contribution is 7.80. The summed E-state index contributed by atoms with van der Waals surface area (Å²) < 4.78 is 0. The Morgan fingerprint density at radius 2 is 1.65 bits per heavy atom. The summed E-state index contributed by atoms with van der Waals surface area (Å²) in [5.41, 5.74) is 2.87. The molecule has 0 unspecified atom stereocenters. The third-order valence-electron chi connectivity index (χ3n) is 2.64. The Morgan fingerprint density at radius 3 is 2.25 bits per heavy atom. The number of anilines is 2. The first-order valence-corrected chi connectivity index (χ1v) is 6.43. The average molecular weight is 286 g/mol. The molecule has 0 atom stereocenters. The molecular formula is C15H14N2O2S. The van der Waals surface area contributed by atoms with Crippen molar-refractivity contribution >= 4 is 34.7 Å². The Morgan fingerprint density at radius 1 is 1.05 bits per heavy atom. The molecule has 0 fully saturated rings. The molecule has 0 spiro atoms. The second kappa shape index (κ2) is 6.16. The van der Waals surface area contributed by atoms with E-state index in [9.17, 15) is 4.79 Å². The van der Waals surface area contributed by atoms with Crippen LogP contribution in [0.25, 0.3) is 0 Å². The van der Waals surface area contributed by atoms with E-state index in [1.54, 1.807) is 12.1 Å². The molecular weight excluding hydrogens is 272 g/mol. The zero-order valence-electron chi connectivity index (χ0n) is 10.9. The van der Waals surface area contributed by atoms with Gasteiger partial charge in [-0.05, 0) is 55.0 Å². The Kier molecular flexibility index (Phi) is 4.32. The predicted octanol–water partition coefficient (Wildman–Crippen LogP) is 3.50. The van der Waals surface area contributed by atoms with Crippen molar-refractivity contribution in [1.82, 2.24) is 0 Å². The Balaban J connectivity index is 2.04. The van der Waals surface area contributed by atoms with Gasteiger partial charge in [-0.15, -0.1) is 0 Å². The van der Waals surface area contributed by atoms with Crippen molar-refractivity contribution in [1.29, 1.82) is 0 Å². The molecule has 0 heterocycles. The Bertz CT molecular complexity index is 656. The number of aryl methyl sites for hydroxylation is 1. The lowest BCUT2D eigenvalue weighted by atomic mass is 10.2. The zero-order valence-corrected chi connectivity index (χ0v) is 11.7. The molecule has 0 amide bonds. The third kappa shape index (κ3) is 3.80. The van der Waals surface area contributed by atoms with Crippen molar-refractivity contribution in [2.75, 3.05) is 10.6 Å². The van der Waals surface area contributed by atoms with Gasteiger partial charge in [-0.3, -0.25) is 0 Å². The summed E-state index contributed by atoms with van der Waals surface area (Å²) in [4.78, 5) is 10.9. The van der Waals surface area contributed by atoms with Crippen LogP contribution in [-0.4, -0.2) is 16.2 Å². The Labute approximate surface area is 122 Å². The van der Waals surface area contributed by atoms with Crippen LogP contribution in [0.2, 0.25) is 0 Å². The van der Waals surface area contributed by atoms with Gasteiger partial charge in [0.25, 0.3) is 0 Å². The fourth-order valence-electron chi connectivity index (χ4n) is 1.75. The van der Waals surface area contributed by atoms with Crippen LogP contribution in [0.4, 0.5) is 11.4 Å². The minimum atomic E-state index is -0.966. The van der Waals surface area contributed by atoms with Crippen LogP contribution in [0.15, 0.2) is 48.5 Å². The minimum absolute atomic E-state index is 0.216. The highest BCUT2D eigenvalue weighted by Crippen LogP contribution is 2.13. The number of hydrogen-bond acceptors (Lipinski definition) is 2. The van der Waals surface area contributed by atoms with E-state index in [1.165, 1.54) is 12.1 Å². The second-order valence-corrected chi connectivity index (χ2v) is 4.74. The van der Waals surface area contributed by atoms with Crippen molar-refractivity contribution in [2.24, 2.45) is 0 Å². The number of carboxylic acid groups (broad SMARTS) is 1. The SMILES string of the molecule is Cc1cccc(NC(=S)Nc2cccc(C(=O)O)c2)c1. The van der Waals surface area contributed by atoms with Crippen molar-refractivity contribution < 1.29 is 9.90 Å². The molecule has 2 aromatic carbocycles. The maximum atomic E-state index is 10.9. The molecule has 2 aromatic rings. The van der Waals surface area contributed by atoms with Crippen LogP contribution in [0, 0.1) is 6.92 Å². The highest BCUT2D eigenvalue weighted by atomic mass is 32.1. The molecule has 102 valence electrons. The van der Waals surface area contributed by atoms with E-state index in [4.69, 9.17) is 17.3 Å². The van der Waals surface area contributed by atoms with E-state index in [0.29, 0.717) is 10.8 Å². The van der Waals surface area contributed by atoms with Gasteiger partial charge in [0, 0.05) is 11.4 Å². The second-order valence-electron chi connectivity index (χ2n) is 4.33. The van der Waals surface area contributed by atoms with Gasteiger partial charge in [-0.25, -0.2) is 4.79 Å².